The Morgan fingerprint density at radius 1 is 1.10 bits per heavy atom. The number of aldehydes is 1. The number of rotatable bonds is 3. The van der Waals surface area contributed by atoms with Crippen LogP contribution in [0.25, 0.3) is 16.9 Å². The van der Waals surface area contributed by atoms with Gasteiger partial charge in [0.1, 0.15) is 11.5 Å². The van der Waals surface area contributed by atoms with Gasteiger partial charge in [-0.05, 0) is 52.3 Å². The zero-order chi connectivity index (χ0) is 14.8. The molecule has 0 amide bonds. The van der Waals surface area contributed by atoms with Crippen molar-refractivity contribution in [1.29, 1.82) is 0 Å². The first-order valence-electron chi connectivity index (χ1n) is 6.25. The van der Waals surface area contributed by atoms with Crippen LogP contribution in [0.4, 0.5) is 4.39 Å². The van der Waals surface area contributed by atoms with Crippen molar-refractivity contribution in [1.82, 2.24) is 9.78 Å². The summed E-state index contributed by atoms with van der Waals surface area (Å²) >= 11 is 3.46. The highest BCUT2D eigenvalue weighted by molar-refractivity contribution is 9.10. The molecule has 0 bridgehead atoms. The molecule has 0 aliphatic rings. The molecule has 5 heteroatoms. The van der Waals surface area contributed by atoms with E-state index in [9.17, 15) is 9.18 Å². The molecular weight excluding hydrogens is 335 g/mol. The summed E-state index contributed by atoms with van der Waals surface area (Å²) in [4.78, 5) is 11.3. The molecule has 1 aromatic heterocycles. The second-order valence-corrected chi connectivity index (χ2v) is 5.31. The lowest BCUT2D eigenvalue weighted by molar-refractivity contribution is 0.112. The maximum absolute atomic E-state index is 13.0. The van der Waals surface area contributed by atoms with Crippen LogP contribution in [0.3, 0.4) is 0 Å². The molecule has 0 spiro atoms. The lowest BCUT2D eigenvalue weighted by Gasteiger charge is -2.03. The van der Waals surface area contributed by atoms with Crippen molar-refractivity contribution in [2.45, 2.75) is 0 Å². The third-order valence-corrected chi connectivity index (χ3v) is 3.76. The first-order chi connectivity index (χ1) is 10.2. The van der Waals surface area contributed by atoms with Crippen molar-refractivity contribution in [2.24, 2.45) is 0 Å². The summed E-state index contributed by atoms with van der Waals surface area (Å²) in [5.41, 5.74) is 2.51. The Morgan fingerprint density at radius 2 is 1.81 bits per heavy atom. The number of aromatic nitrogens is 2. The number of para-hydroxylation sites is 1. The molecule has 3 rings (SSSR count). The molecule has 0 aliphatic carbocycles. The molecular formula is C16H10BrFN2O. The summed E-state index contributed by atoms with van der Waals surface area (Å²) in [6.07, 6.45) is 2.41. The van der Waals surface area contributed by atoms with Crippen LogP contribution in [-0.2, 0) is 0 Å². The summed E-state index contributed by atoms with van der Waals surface area (Å²) in [6, 6.07) is 13.5. The van der Waals surface area contributed by atoms with Gasteiger partial charge in [-0.2, -0.15) is 5.10 Å². The van der Waals surface area contributed by atoms with Crippen LogP contribution in [-0.4, -0.2) is 16.1 Å². The Morgan fingerprint density at radius 3 is 2.48 bits per heavy atom. The summed E-state index contributed by atoms with van der Waals surface area (Å²) in [5.74, 6) is -0.323. The van der Waals surface area contributed by atoms with Crippen molar-refractivity contribution in [3.05, 3.63) is 70.6 Å². The van der Waals surface area contributed by atoms with Gasteiger partial charge in [-0.15, -0.1) is 0 Å². The standard InChI is InChI=1S/C16H10BrFN2O/c17-14-3-1-2-4-15(14)20-9-12(10-21)16(19-20)11-5-7-13(18)8-6-11/h1-10H. The fourth-order valence-electron chi connectivity index (χ4n) is 2.07. The van der Waals surface area contributed by atoms with Crippen molar-refractivity contribution < 1.29 is 9.18 Å². The number of carbonyl (C=O) groups is 1. The summed E-state index contributed by atoms with van der Waals surface area (Å²) in [5, 5.41) is 4.44. The minimum Gasteiger partial charge on any atom is -0.298 e. The molecule has 3 aromatic rings. The van der Waals surface area contributed by atoms with Crippen molar-refractivity contribution in [3.8, 4) is 16.9 Å². The van der Waals surface area contributed by atoms with Gasteiger partial charge in [-0.1, -0.05) is 12.1 Å². The highest BCUT2D eigenvalue weighted by Crippen LogP contribution is 2.25. The molecule has 2 aromatic carbocycles. The Hall–Kier alpha value is -2.27. The van der Waals surface area contributed by atoms with E-state index in [-0.39, 0.29) is 5.82 Å². The Bertz CT molecular complexity index is 796. The number of nitrogens with zero attached hydrogens (tertiary/aromatic N) is 2. The van der Waals surface area contributed by atoms with Gasteiger partial charge in [0.2, 0.25) is 0 Å². The third kappa shape index (κ3) is 2.64. The van der Waals surface area contributed by atoms with E-state index in [1.165, 1.54) is 12.1 Å². The average Bonchev–Trinajstić information content (AvgIpc) is 2.92. The molecule has 0 atom stereocenters. The van der Waals surface area contributed by atoms with Crippen molar-refractivity contribution in [2.75, 3.05) is 0 Å². The van der Waals surface area contributed by atoms with E-state index in [0.29, 0.717) is 16.8 Å². The highest BCUT2D eigenvalue weighted by Gasteiger charge is 2.13. The third-order valence-electron chi connectivity index (χ3n) is 3.09. The van der Waals surface area contributed by atoms with Crippen LogP contribution in [0.2, 0.25) is 0 Å². The number of halogens is 2. The Kier molecular flexibility index (Phi) is 3.66. The summed E-state index contributed by atoms with van der Waals surface area (Å²) in [7, 11) is 0. The second-order valence-electron chi connectivity index (χ2n) is 4.45. The van der Waals surface area contributed by atoms with Crippen molar-refractivity contribution in [3.63, 3.8) is 0 Å². The van der Waals surface area contributed by atoms with Crippen LogP contribution in [0.15, 0.2) is 59.2 Å². The molecule has 21 heavy (non-hydrogen) atoms. The minimum atomic E-state index is -0.323. The van der Waals surface area contributed by atoms with Crippen LogP contribution in [0, 0.1) is 5.82 Å². The van der Waals surface area contributed by atoms with E-state index in [0.717, 1.165) is 16.4 Å². The largest absolute Gasteiger partial charge is 0.298 e. The first kappa shape index (κ1) is 13.7. The zero-order valence-electron chi connectivity index (χ0n) is 10.8. The lowest BCUT2D eigenvalue weighted by atomic mass is 10.1. The smallest absolute Gasteiger partial charge is 0.153 e. The molecule has 0 N–H and O–H groups in total. The van der Waals surface area contributed by atoms with Gasteiger partial charge in [0.15, 0.2) is 6.29 Å². The van der Waals surface area contributed by atoms with Crippen LogP contribution in [0.5, 0.6) is 0 Å². The van der Waals surface area contributed by atoms with Gasteiger partial charge in [0, 0.05) is 16.2 Å². The van der Waals surface area contributed by atoms with E-state index in [1.807, 2.05) is 24.3 Å². The van der Waals surface area contributed by atoms with Crippen molar-refractivity contribution >= 4 is 22.2 Å². The number of carbonyl (C=O) groups excluding carboxylic acids is 1. The topological polar surface area (TPSA) is 34.9 Å². The van der Waals surface area contributed by atoms with Gasteiger partial charge in [0.05, 0.1) is 11.3 Å². The summed E-state index contributed by atoms with van der Waals surface area (Å²) in [6.45, 7) is 0. The van der Waals surface area contributed by atoms with E-state index in [2.05, 4.69) is 21.0 Å². The van der Waals surface area contributed by atoms with Gasteiger partial charge >= 0.3 is 0 Å². The fourth-order valence-corrected chi connectivity index (χ4v) is 2.53. The zero-order valence-corrected chi connectivity index (χ0v) is 12.4. The first-order valence-corrected chi connectivity index (χ1v) is 7.04. The molecule has 0 saturated heterocycles. The number of hydrogen-bond donors (Lipinski definition) is 0. The molecule has 0 fully saturated rings. The normalized spacial score (nSPS) is 10.6. The summed E-state index contributed by atoms with van der Waals surface area (Å²) < 4.78 is 15.5. The molecule has 0 saturated carbocycles. The predicted octanol–water partition coefficient (Wildman–Crippen LogP) is 4.25. The molecule has 104 valence electrons. The van der Waals surface area contributed by atoms with Gasteiger partial charge in [-0.25, -0.2) is 9.07 Å². The monoisotopic (exact) mass is 344 g/mol. The Labute approximate surface area is 129 Å². The maximum atomic E-state index is 13.0. The SMILES string of the molecule is O=Cc1cn(-c2ccccc2Br)nc1-c1ccc(F)cc1. The average molecular weight is 345 g/mol. The quantitative estimate of drug-likeness (QED) is 0.665. The lowest BCUT2D eigenvalue weighted by Crippen LogP contribution is -1.95. The number of hydrogen-bond acceptors (Lipinski definition) is 2. The second kappa shape index (κ2) is 5.61. The fraction of sp³-hybridized carbons (Fsp3) is 0. The molecule has 0 aliphatic heterocycles. The number of benzene rings is 2. The maximum Gasteiger partial charge on any atom is 0.153 e. The van der Waals surface area contributed by atoms with E-state index in [1.54, 1.807) is 23.0 Å². The van der Waals surface area contributed by atoms with E-state index in [4.69, 9.17) is 0 Å². The predicted molar refractivity (Wildman–Crippen MR) is 82.0 cm³/mol. The Balaban J connectivity index is 2.13. The van der Waals surface area contributed by atoms with E-state index < -0.39 is 0 Å². The molecule has 3 nitrogen and oxygen atoms in total. The van der Waals surface area contributed by atoms with Crippen LogP contribution >= 0.6 is 15.9 Å². The van der Waals surface area contributed by atoms with Crippen LogP contribution in [0.1, 0.15) is 10.4 Å². The molecule has 1 heterocycles. The van der Waals surface area contributed by atoms with Gasteiger partial charge in [0.25, 0.3) is 0 Å². The molecule has 0 radical (unpaired) electrons. The highest BCUT2D eigenvalue weighted by atomic mass is 79.9. The van der Waals surface area contributed by atoms with Crippen LogP contribution < -0.4 is 0 Å². The van der Waals surface area contributed by atoms with Gasteiger partial charge in [-0.3, -0.25) is 4.79 Å². The van der Waals surface area contributed by atoms with Gasteiger partial charge < -0.3 is 0 Å². The van der Waals surface area contributed by atoms with E-state index >= 15 is 0 Å². The minimum absolute atomic E-state index is 0.323. The molecule has 0 unspecified atom stereocenters.